The molecule has 0 bridgehead atoms. The van der Waals surface area contributed by atoms with Crippen molar-refractivity contribution in [2.24, 2.45) is 0 Å². The molecule has 1 aromatic heterocycles. The lowest BCUT2D eigenvalue weighted by atomic mass is 9.76. The molecule has 0 saturated carbocycles. The molecule has 5 heteroatoms. The predicted octanol–water partition coefficient (Wildman–Crippen LogP) is 12.8. The molecule has 3 aliphatic rings. The number of benzene rings is 6. The van der Waals surface area contributed by atoms with Crippen molar-refractivity contribution in [3.63, 3.8) is 0 Å². The predicted molar refractivity (Wildman–Crippen MR) is 205 cm³/mol. The highest BCUT2D eigenvalue weighted by Gasteiger charge is 2.45. The number of hydrogen-bond acceptors (Lipinski definition) is 1. The highest BCUT2D eigenvalue weighted by Crippen LogP contribution is 2.58. The average molecular weight is 686 g/mol. The van der Waals surface area contributed by atoms with Crippen LogP contribution in [0.1, 0.15) is 60.1 Å². The summed E-state index contributed by atoms with van der Waals surface area (Å²) in [5, 5.41) is 4.20. The Bertz CT molecular complexity index is 2730. The number of hydrogen-bond donors (Lipinski definition) is 0. The third kappa shape index (κ3) is 4.25. The summed E-state index contributed by atoms with van der Waals surface area (Å²) >= 11 is 0. The summed E-state index contributed by atoms with van der Waals surface area (Å²) in [7, 11) is 0. The van der Waals surface area contributed by atoms with E-state index in [1.165, 1.54) is 23.2 Å². The Labute approximate surface area is 299 Å². The minimum absolute atomic E-state index is 0.632. The summed E-state index contributed by atoms with van der Waals surface area (Å²) in [5.74, 6) is 0.734. The smallest absolute Gasteiger partial charge is 0.416 e. The van der Waals surface area contributed by atoms with E-state index < -0.39 is 22.8 Å². The fraction of sp³-hybridized carbons (Fsp3) is 0.149. The Balaban J connectivity index is 1.23. The first-order valence-corrected chi connectivity index (χ1v) is 17.8. The van der Waals surface area contributed by atoms with Gasteiger partial charge in [0.1, 0.15) is 5.75 Å². The maximum absolute atomic E-state index is 14.0. The SMILES string of the molecule is CC1(C)c2cc(C(F)(F)F)ccc2-c2c1c1c(c3ccccc23)OC(c2ccccc2)(c2ccc3c(c2)c2ccccc2n3C2=CCCC=C2)C=C1. The van der Waals surface area contributed by atoms with E-state index in [2.05, 4.69) is 102 Å². The van der Waals surface area contributed by atoms with Gasteiger partial charge in [-0.05, 0) is 83.0 Å². The van der Waals surface area contributed by atoms with Crippen molar-refractivity contribution in [1.29, 1.82) is 0 Å². The third-order valence-corrected chi connectivity index (χ3v) is 11.4. The molecule has 52 heavy (non-hydrogen) atoms. The Kier molecular flexibility index (Phi) is 6.46. The quantitative estimate of drug-likeness (QED) is 0.181. The highest BCUT2D eigenvalue weighted by molar-refractivity contribution is 6.11. The van der Waals surface area contributed by atoms with Crippen molar-refractivity contribution in [2.75, 3.05) is 0 Å². The molecule has 7 aromatic rings. The summed E-state index contributed by atoms with van der Waals surface area (Å²) in [6.45, 7) is 4.06. The van der Waals surface area contributed by atoms with Crippen LogP contribution in [0.5, 0.6) is 5.75 Å². The zero-order valence-electron chi connectivity index (χ0n) is 28.8. The molecule has 0 fully saturated rings. The van der Waals surface area contributed by atoms with Crippen molar-refractivity contribution in [1.82, 2.24) is 4.57 Å². The highest BCUT2D eigenvalue weighted by atomic mass is 19.4. The van der Waals surface area contributed by atoms with E-state index >= 15 is 0 Å². The molecule has 0 spiro atoms. The third-order valence-electron chi connectivity index (χ3n) is 11.4. The van der Waals surface area contributed by atoms with E-state index in [1.807, 2.05) is 44.2 Å². The first-order valence-electron chi connectivity index (χ1n) is 17.8. The van der Waals surface area contributed by atoms with Crippen molar-refractivity contribution in [3.05, 3.63) is 173 Å². The van der Waals surface area contributed by atoms with E-state index in [0.29, 0.717) is 5.56 Å². The maximum Gasteiger partial charge on any atom is 0.416 e. The van der Waals surface area contributed by atoms with E-state index in [1.54, 1.807) is 6.07 Å². The van der Waals surface area contributed by atoms with Crippen LogP contribution in [0.2, 0.25) is 0 Å². The van der Waals surface area contributed by atoms with Crippen molar-refractivity contribution < 1.29 is 17.9 Å². The van der Waals surface area contributed by atoms with Crippen LogP contribution in [0.15, 0.2) is 140 Å². The van der Waals surface area contributed by atoms with Gasteiger partial charge in [-0.1, -0.05) is 117 Å². The van der Waals surface area contributed by atoms with Crippen LogP contribution in [0.4, 0.5) is 13.2 Å². The average Bonchev–Trinajstić information content (AvgIpc) is 3.63. The number of ether oxygens (including phenoxy) is 1. The van der Waals surface area contributed by atoms with Gasteiger partial charge in [-0.2, -0.15) is 13.2 Å². The van der Waals surface area contributed by atoms with E-state index in [9.17, 15) is 13.2 Å². The molecule has 0 N–H and O–H groups in total. The molecular formula is C47H34F3NO. The van der Waals surface area contributed by atoms with Gasteiger partial charge in [0.05, 0.1) is 16.6 Å². The van der Waals surface area contributed by atoms with Crippen molar-refractivity contribution >= 4 is 44.4 Å². The zero-order valence-corrected chi connectivity index (χ0v) is 28.8. The Hall–Kier alpha value is -5.81. The topological polar surface area (TPSA) is 14.2 Å². The molecule has 0 radical (unpaired) electrons. The summed E-state index contributed by atoms with van der Waals surface area (Å²) < 4.78 is 51.9. The number of rotatable bonds is 3. The molecule has 1 atom stereocenters. The van der Waals surface area contributed by atoms with Crippen LogP contribution in [0, 0.1) is 0 Å². The summed E-state index contributed by atoms with van der Waals surface area (Å²) in [6.07, 6.45) is 8.68. The zero-order chi connectivity index (χ0) is 35.4. The first kappa shape index (κ1) is 31.0. The molecular weight excluding hydrogens is 652 g/mol. The molecule has 254 valence electrons. The lowest BCUT2D eigenvalue weighted by Crippen LogP contribution is -2.35. The molecule has 2 nitrogen and oxygen atoms in total. The van der Waals surface area contributed by atoms with Crippen molar-refractivity contribution in [2.45, 2.75) is 43.9 Å². The van der Waals surface area contributed by atoms with Gasteiger partial charge in [0.15, 0.2) is 5.60 Å². The number of alkyl halides is 3. The van der Waals surface area contributed by atoms with Gasteiger partial charge in [0.25, 0.3) is 0 Å². The number of nitrogens with zero attached hydrogens (tertiary/aromatic N) is 1. The van der Waals surface area contributed by atoms with Crippen LogP contribution >= 0.6 is 0 Å². The number of aromatic nitrogens is 1. The maximum atomic E-state index is 14.0. The number of allylic oxidation sites excluding steroid dienone is 4. The lowest BCUT2D eigenvalue weighted by Gasteiger charge is -2.38. The van der Waals surface area contributed by atoms with Gasteiger partial charge in [-0.25, -0.2) is 0 Å². The normalized spacial score (nSPS) is 18.7. The summed E-state index contributed by atoms with van der Waals surface area (Å²) in [4.78, 5) is 0. The fourth-order valence-electron chi connectivity index (χ4n) is 9.02. The molecule has 0 amide bonds. The molecule has 1 unspecified atom stereocenters. The first-order chi connectivity index (χ1) is 25.2. The van der Waals surface area contributed by atoms with E-state index in [4.69, 9.17) is 4.74 Å². The molecule has 2 aliphatic carbocycles. The minimum atomic E-state index is -4.43. The van der Waals surface area contributed by atoms with Crippen LogP contribution in [-0.4, -0.2) is 4.57 Å². The van der Waals surface area contributed by atoms with Crippen LogP contribution in [0.25, 0.3) is 55.5 Å². The van der Waals surface area contributed by atoms with Crippen LogP contribution in [0.3, 0.4) is 0 Å². The fourth-order valence-corrected chi connectivity index (χ4v) is 9.02. The lowest BCUT2D eigenvalue weighted by molar-refractivity contribution is -0.137. The second kappa shape index (κ2) is 10.8. The van der Waals surface area contributed by atoms with Crippen LogP contribution in [-0.2, 0) is 17.2 Å². The summed E-state index contributed by atoms with van der Waals surface area (Å²) in [6, 6.07) is 37.8. The Morgan fingerprint density at radius 1 is 0.673 bits per heavy atom. The number of halogens is 3. The Morgan fingerprint density at radius 2 is 1.40 bits per heavy atom. The van der Waals surface area contributed by atoms with Gasteiger partial charge in [0.2, 0.25) is 0 Å². The van der Waals surface area contributed by atoms with Gasteiger partial charge in [-0.3, -0.25) is 0 Å². The second-order valence-corrected chi connectivity index (χ2v) is 14.7. The largest absolute Gasteiger partial charge is 0.472 e. The second-order valence-electron chi connectivity index (χ2n) is 14.7. The van der Waals surface area contributed by atoms with Gasteiger partial charge in [-0.15, -0.1) is 0 Å². The van der Waals surface area contributed by atoms with E-state index in [-0.39, 0.29) is 0 Å². The molecule has 2 heterocycles. The van der Waals surface area contributed by atoms with Gasteiger partial charge in [0, 0.05) is 44.0 Å². The minimum Gasteiger partial charge on any atom is -0.472 e. The van der Waals surface area contributed by atoms with Crippen LogP contribution < -0.4 is 4.74 Å². The van der Waals surface area contributed by atoms with Gasteiger partial charge >= 0.3 is 6.18 Å². The monoisotopic (exact) mass is 685 g/mol. The molecule has 10 rings (SSSR count). The molecule has 1 aliphatic heterocycles. The molecule has 6 aromatic carbocycles. The molecule has 0 saturated heterocycles. The number of fused-ring (bicyclic) bond motifs is 11. The number of para-hydroxylation sites is 1. The van der Waals surface area contributed by atoms with Crippen molar-refractivity contribution in [3.8, 4) is 16.9 Å². The standard InChI is InChI=1S/C47H34F3NO/c1-45(2)39-28-31(47(48,49)50)21-23-36(39)42-34-18-9-10-19-35(34)44-37(43(42)45)25-26-46(52-44,29-13-5-3-6-14-29)30-22-24-41-38(27-30)33-17-11-12-20-40(33)51(41)32-15-7-4-8-16-32/h3,5-7,9-28H,4,8H2,1-2H3. The Morgan fingerprint density at radius 3 is 2.17 bits per heavy atom. The summed E-state index contributed by atoms with van der Waals surface area (Å²) in [5.41, 5.74) is 7.51. The van der Waals surface area contributed by atoms with Gasteiger partial charge < -0.3 is 9.30 Å². The van der Waals surface area contributed by atoms with E-state index in [0.717, 1.165) is 79.2 Å².